The Hall–Kier alpha value is -1.15. The largest absolute Gasteiger partial charge is 0.391 e. The lowest BCUT2D eigenvalue weighted by molar-refractivity contribution is 0.191. The number of aliphatic hydroxyl groups excluding tert-OH is 1. The number of hydrogen-bond donors (Lipinski definition) is 2. The van der Waals surface area contributed by atoms with Gasteiger partial charge in [-0.1, -0.05) is 0 Å². The summed E-state index contributed by atoms with van der Waals surface area (Å²) in [7, 11) is 2.00. The van der Waals surface area contributed by atoms with Gasteiger partial charge in [0.15, 0.2) is 0 Å². The first-order valence-corrected chi connectivity index (χ1v) is 8.45. The summed E-state index contributed by atoms with van der Waals surface area (Å²) in [6, 6.07) is 7.02. The SMILES string of the molecule is CNS(=O)(=O)c1ccc(N2CC(O)CC2CN(C)C)cc1. The monoisotopic (exact) mass is 313 g/mol. The van der Waals surface area contributed by atoms with Crippen LogP contribution in [0.2, 0.25) is 0 Å². The van der Waals surface area contributed by atoms with Gasteiger partial charge in [-0.25, -0.2) is 13.1 Å². The first-order chi connectivity index (χ1) is 9.83. The lowest BCUT2D eigenvalue weighted by Gasteiger charge is -2.28. The molecule has 2 rings (SSSR count). The summed E-state index contributed by atoms with van der Waals surface area (Å²) >= 11 is 0. The quantitative estimate of drug-likeness (QED) is 0.806. The van der Waals surface area contributed by atoms with Crippen molar-refractivity contribution in [3.8, 4) is 0 Å². The van der Waals surface area contributed by atoms with Crippen LogP contribution in [0.5, 0.6) is 0 Å². The summed E-state index contributed by atoms with van der Waals surface area (Å²) in [5, 5.41) is 9.90. The summed E-state index contributed by atoms with van der Waals surface area (Å²) < 4.78 is 25.7. The predicted octanol–water partition coefficient (Wildman–Crippen LogP) is 0.0959. The normalized spacial score (nSPS) is 23.0. The van der Waals surface area contributed by atoms with E-state index in [9.17, 15) is 13.5 Å². The van der Waals surface area contributed by atoms with Crippen molar-refractivity contribution in [1.29, 1.82) is 0 Å². The zero-order chi connectivity index (χ0) is 15.6. The van der Waals surface area contributed by atoms with E-state index in [0.29, 0.717) is 6.54 Å². The third-order valence-electron chi connectivity index (χ3n) is 3.72. The molecular weight excluding hydrogens is 290 g/mol. The number of aliphatic hydroxyl groups is 1. The zero-order valence-electron chi connectivity index (χ0n) is 12.7. The van der Waals surface area contributed by atoms with Gasteiger partial charge in [0.1, 0.15) is 0 Å². The highest BCUT2D eigenvalue weighted by atomic mass is 32.2. The average molecular weight is 313 g/mol. The van der Waals surface area contributed by atoms with Crippen LogP contribution >= 0.6 is 0 Å². The topological polar surface area (TPSA) is 72.9 Å². The van der Waals surface area contributed by atoms with Crippen LogP contribution in [-0.2, 0) is 10.0 Å². The van der Waals surface area contributed by atoms with E-state index < -0.39 is 10.0 Å². The number of nitrogens with zero attached hydrogens (tertiary/aromatic N) is 2. The first-order valence-electron chi connectivity index (χ1n) is 6.96. The van der Waals surface area contributed by atoms with Crippen molar-refractivity contribution in [1.82, 2.24) is 9.62 Å². The van der Waals surface area contributed by atoms with Gasteiger partial charge < -0.3 is 14.9 Å². The fraction of sp³-hybridized carbons (Fsp3) is 0.571. The Morgan fingerprint density at radius 1 is 1.33 bits per heavy atom. The zero-order valence-corrected chi connectivity index (χ0v) is 13.5. The molecule has 0 aromatic heterocycles. The molecule has 1 aromatic carbocycles. The van der Waals surface area contributed by atoms with Crippen molar-refractivity contribution in [2.24, 2.45) is 0 Å². The van der Waals surface area contributed by atoms with Crippen LogP contribution in [0, 0.1) is 0 Å². The molecule has 118 valence electrons. The van der Waals surface area contributed by atoms with E-state index in [4.69, 9.17) is 0 Å². The number of rotatable bonds is 5. The lowest BCUT2D eigenvalue weighted by atomic mass is 10.2. The highest BCUT2D eigenvalue weighted by molar-refractivity contribution is 7.89. The third-order valence-corrected chi connectivity index (χ3v) is 5.15. The Kier molecular flexibility index (Phi) is 4.88. The number of hydrogen-bond acceptors (Lipinski definition) is 5. The fourth-order valence-electron chi connectivity index (χ4n) is 2.74. The van der Waals surface area contributed by atoms with Crippen LogP contribution in [0.25, 0.3) is 0 Å². The predicted molar refractivity (Wildman–Crippen MR) is 83.0 cm³/mol. The van der Waals surface area contributed by atoms with Crippen molar-refractivity contribution in [3.63, 3.8) is 0 Å². The molecule has 1 heterocycles. The van der Waals surface area contributed by atoms with E-state index in [2.05, 4.69) is 14.5 Å². The van der Waals surface area contributed by atoms with Gasteiger partial charge >= 0.3 is 0 Å². The number of anilines is 1. The minimum absolute atomic E-state index is 0.238. The maximum absolute atomic E-state index is 11.7. The molecule has 2 N–H and O–H groups in total. The first kappa shape index (κ1) is 16.2. The maximum Gasteiger partial charge on any atom is 0.240 e. The standard InChI is InChI=1S/C14H23N3O3S/c1-15-21(19,20)14-6-4-11(5-7-14)17-10-13(18)8-12(17)9-16(2)3/h4-7,12-13,15,18H,8-10H2,1-3H3. The number of likely N-dealkylation sites (N-methyl/N-ethyl adjacent to an activating group) is 1. The van der Waals surface area contributed by atoms with Gasteiger partial charge in [0.05, 0.1) is 11.0 Å². The molecule has 1 saturated heterocycles. The van der Waals surface area contributed by atoms with E-state index in [1.54, 1.807) is 24.3 Å². The smallest absolute Gasteiger partial charge is 0.240 e. The van der Waals surface area contributed by atoms with Gasteiger partial charge in [-0.15, -0.1) is 0 Å². The Balaban J connectivity index is 2.21. The molecule has 0 saturated carbocycles. The van der Waals surface area contributed by atoms with Crippen LogP contribution in [0.1, 0.15) is 6.42 Å². The van der Waals surface area contributed by atoms with Gasteiger partial charge in [0, 0.05) is 24.8 Å². The molecule has 6 nitrogen and oxygen atoms in total. The van der Waals surface area contributed by atoms with Crippen molar-refractivity contribution < 1.29 is 13.5 Å². The summed E-state index contributed by atoms with van der Waals surface area (Å²) in [6.07, 6.45) is 0.394. The second kappa shape index (κ2) is 6.31. The van der Waals surface area contributed by atoms with Crippen LogP contribution < -0.4 is 9.62 Å². The molecule has 1 aromatic rings. The van der Waals surface area contributed by atoms with Crippen LogP contribution in [0.3, 0.4) is 0 Å². The van der Waals surface area contributed by atoms with Gasteiger partial charge in [-0.3, -0.25) is 0 Å². The fourth-order valence-corrected chi connectivity index (χ4v) is 3.47. The van der Waals surface area contributed by atoms with Crippen molar-refractivity contribution in [2.75, 3.05) is 39.1 Å². The molecule has 1 fully saturated rings. The second-order valence-corrected chi connectivity index (χ2v) is 7.55. The minimum Gasteiger partial charge on any atom is -0.391 e. The molecule has 1 aliphatic heterocycles. The van der Waals surface area contributed by atoms with Crippen molar-refractivity contribution in [2.45, 2.75) is 23.5 Å². The maximum atomic E-state index is 11.7. The molecule has 21 heavy (non-hydrogen) atoms. The van der Waals surface area contributed by atoms with Gasteiger partial charge in [-0.2, -0.15) is 0 Å². The number of benzene rings is 1. The molecular formula is C14H23N3O3S. The molecule has 0 amide bonds. The summed E-state index contributed by atoms with van der Waals surface area (Å²) in [6.45, 7) is 1.43. The van der Waals surface area contributed by atoms with Gasteiger partial charge in [0.2, 0.25) is 10.0 Å². The molecule has 0 bridgehead atoms. The average Bonchev–Trinajstić information content (AvgIpc) is 2.79. The lowest BCUT2D eigenvalue weighted by Crippen LogP contribution is -2.37. The Morgan fingerprint density at radius 3 is 2.48 bits per heavy atom. The summed E-state index contributed by atoms with van der Waals surface area (Å²) in [4.78, 5) is 4.48. The van der Waals surface area contributed by atoms with Crippen LogP contribution in [0.4, 0.5) is 5.69 Å². The molecule has 0 aliphatic carbocycles. The summed E-state index contributed by atoms with van der Waals surface area (Å²) in [5.41, 5.74) is 0.938. The van der Waals surface area contributed by atoms with Crippen molar-refractivity contribution >= 4 is 15.7 Å². The van der Waals surface area contributed by atoms with E-state index in [1.165, 1.54) is 7.05 Å². The molecule has 7 heteroatoms. The highest BCUT2D eigenvalue weighted by Gasteiger charge is 2.31. The number of nitrogens with one attached hydrogen (secondary N) is 1. The van der Waals surface area contributed by atoms with E-state index in [-0.39, 0.29) is 17.0 Å². The molecule has 0 spiro atoms. The Bertz CT molecular complexity index is 572. The molecule has 0 radical (unpaired) electrons. The van der Waals surface area contributed by atoms with Gasteiger partial charge in [-0.05, 0) is 51.8 Å². The molecule has 2 unspecified atom stereocenters. The van der Waals surface area contributed by atoms with Gasteiger partial charge in [0.25, 0.3) is 0 Å². The Labute approximate surface area is 126 Å². The third kappa shape index (κ3) is 3.74. The van der Waals surface area contributed by atoms with E-state index in [1.807, 2.05) is 14.1 Å². The minimum atomic E-state index is -3.41. The van der Waals surface area contributed by atoms with Crippen LogP contribution in [0.15, 0.2) is 29.2 Å². The van der Waals surface area contributed by atoms with E-state index in [0.717, 1.165) is 18.7 Å². The number of β-amino-alcohol motifs (C(OH)–C–C–N with tert-alkyl or cyclic N) is 1. The number of sulfonamides is 1. The summed E-state index contributed by atoms with van der Waals surface area (Å²) in [5.74, 6) is 0. The van der Waals surface area contributed by atoms with Crippen molar-refractivity contribution in [3.05, 3.63) is 24.3 Å². The van der Waals surface area contributed by atoms with E-state index >= 15 is 0 Å². The second-order valence-electron chi connectivity index (χ2n) is 5.66. The van der Waals surface area contributed by atoms with Crippen LogP contribution in [-0.4, -0.2) is 64.8 Å². The molecule has 2 atom stereocenters. The Morgan fingerprint density at radius 2 is 1.95 bits per heavy atom. The highest BCUT2D eigenvalue weighted by Crippen LogP contribution is 2.27. The molecule has 1 aliphatic rings.